The second-order valence-electron chi connectivity index (χ2n) is 4.36. The Morgan fingerprint density at radius 3 is 3.25 bits per heavy atom. The van der Waals surface area contributed by atoms with E-state index in [9.17, 15) is 0 Å². The zero-order chi connectivity index (χ0) is 11.0. The molecule has 4 nitrogen and oxygen atoms in total. The molecule has 0 bridgehead atoms. The van der Waals surface area contributed by atoms with Gasteiger partial charge in [-0.05, 0) is 19.3 Å². The number of fused-ring (bicyclic) bond motifs is 1. The topological polar surface area (TPSA) is 38.5 Å². The van der Waals surface area contributed by atoms with Gasteiger partial charge in [-0.25, -0.2) is 0 Å². The first kappa shape index (κ1) is 10.4. The van der Waals surface area contributed by atoms with Crippen LogP contribution in [-0.4, -0.2) is 30.3 Å². The maximum absolute atomic E-state index is 5.75. The number of ether oxygens (including phenoxy) is 1. The fourth-order valence-electron chi connectivity index (χ4n) is 2.65. The molecule has 2 atom stereocenters. The van der Waals surface area contributed by atoms with Crippen LogP contribution in [0, 0.1) is 0 Å². The number of hydrogen-bond donors (Lipinski definition) is 0. The van der Waals surface area contributed by atoms with Gasteiger partial charge in [0.15, 0.2) is 0 Å². The van der Waals surface area contributed by atoms with Gasteiger partial charge in [0.2, 0.25) is 0 Å². The molecule has 88 valence electrons. The third-order valence-corrected chi connectivity index (χ3v) is 3.68. The van der Waals surface area contributed by atoms with Crippen LogP contribution in [0.15, 0.2) is 10.7 Å². The van der Waals surface area contributed by atoms with Crippen molar-refractivity contribution in [2.75, 3.05) is 18.1 Å². The van der Waals surface area contributed by atoms with Gasteiger partial charge in [0.25, 0.3) is 6.01 Å². The SMILES string of the molecule is ClCc1coc(N2CCOC3CCCC32)n1. The van der Waals surface area contributed by atoms with Crippen molar-refractivity contribution in [3.05, 3.63) is 12.0 Å². The van der Waals surface area contributed by atoms with Gasteiger partial charge >= 0.3 is 0 Å². The molecule has 16 heavy (non-hydrogen) atoms. The van der Waals surface area contributed by atoms with E-state index in [-0.39, 0.29) is 0 Å². The van der Waals surface area contributed by atoms with Crippen LogP contribution < -0.4 is 4.90 Å². The molecule has 3 rings (SSSR count). The van der Waals surface area contributed by atoms with E-state index in [1.54, 1.807) is 6.26 Å². The molecule has 0 aromatic carbocycles. The van der Waals surface area contributed by atoms with E-state index in [1.165, 1.54) is 12.8 Å². The highest BCUT2D eigenvalue weighted by molar-refractivity contribution is 6.16. The van der Waals surface area contributed by atoms with Crippen LogP contribution in [0.5, 0.6) is 0 Å². The van der Waals surface area contributed by atoms with Crippen molar-refractivity contribution in [2.45, 2.75) is 37.3 Å². The van der Waals surface area contributed by atoms with Crippen molar-refractivity contribution >= 4 is 17.6 Å². The van der Waals surface area contributed by atoms with Gasteiger partial charge < -0.3 is 14.1 Å². The lowest BCUT2D eigenvalue weighted by molar-refractivity contribution is 0.0236. The van der Waals surface area contributed by atoms with Crippen LogP contribution >= 0.6 is 11.6 Å². The van der Waals surface area contributed by atoms with Gasteiger partial charge in [-0.3, -0.25) is 0 Å². The molecule has 0 amide bonds. The average molecular weight is 243 g/mol. The van der Waals surface area contributed by atoms with Gasteiger partial charge in [0, 0.05) is 6.54 Å². The lowest BCUT2D eigenvalue weighted by Crippen LogP contribution is -2.48. The highest BCUT2D eigenvalue weighted by Gasteiger charge is 2.37. The average Bonchev–Trinajstić information content (AvgIpc) is 2.97. The third-order valence-electron chi connectivity index (χ3n) is 3.40. The molecule has 2 unspecified atom stereocenters. The molecule has 2 aliphatic rings. The number of anilines is 1. The van der Waals surface area contributed by atoms with Gasteiger partial charge in [0.05, 0.1) is 30.3 Å². The molecule has 2 fully saturated rings. The predicted molar refractivity (Wildman–Crippen MR) is 60.8 cm³/mol. The molecule has 1 aromatic heterocycles. The summed E-state index contributed by atoms with van der Waals surface area (Å²) < 4.78 is 11.2. The van der Waals surface area contributed by atoms with Crippen LogP contribution in [0.2, 0.25) is 0 Å². The second kappa shape index (κ2) is 4.26. The van der Waals surface area contributed by atoms with Crippen molar-refractivity contribution in [3.8, 4) is 0 Å². The Labute approximate surface area is 99.5 Å². The van der Waals surface area contributed by atoms with E-state index in [4.69, 9.17) is 20.8 Å². The molecule has 2 heterocycles. The van der Waals surface area contributed by atoms with Gasteiger partial charge in [-0.15, -0.1) is 11.6 Å². The number of aromatic nitrogens is 1. The summed E-state index contributed by atoms with van der Waals surface area (Å²) in [6, 6.07) is 1.14. The summed E-state index contributed by atoms with van der Waals surface area (Å²) in [6.07, 6.45) is 5.56. The van der Waals surface area contributed by atoms with Crippen molar-refractivity contribution in [2.24, 2.45) is 0 Å². The van der Waals surface area contributed by atoms with Gasteiger partial charge in [0.1, 0.15) is 6.26 Å². The molecule has 0 N–H and O–H groups in total. The van der Waals surface area contributed by atoms with Crippen molar-refractivity contribution < 1.29 is 9.15 Å². The largest absolute Gasteiger partial charge is 0.432 e. The standard InChI is InChI=1S/C11H15ClN2O2/c12-6-8-7-16-11(13-8)14-4-5-15-10-3-1-2-9(10)14/h7,9-10H,1-6H2. The summed E-state index contributed by atoms with van der Waals surface area (Å²) >= 11 is 5.72. The molecule has 1 saturated heterocycles. The number of halogens is 1. The van der Waals surface area contributed by atoms with E-state index < -0.39 is 0 Å². The minimum absolute atomic E-state index is 0.361. The molecule has 5 heteroatoms. The second-order valence-corrected chi connectivity index (χ2v) is 4.62. The van der Waals surface area contributed by atoms with Crippen molar-refractivity contribution in [1.29, 1.82) is 0 Å². The highest BCUT2D eigenvalue weighted by atomic mass is 35.5. The first-order valence-corrected chi connectivity index (χ1v) is 6.30. The van der Waals surface area contributed by atoms with Crippen LogP contribution in [0.25, 0.3) is 0 Å². The number of nitrogens with zero attached hydrogens (tertiary/aromatic N) is 2. The quantitative estimate of drug-likeness (QED) is 0.745. The van der Waals surface area contributed by atoms with Crippen LogP contribution in [0.3, 0.4) is 0 Å². The van der Waals surface area contributed by atoms with E-state index in [0.717, 1.165) is 25.3 Å². The molecule has 1 saturated carbocycles. The van der Waals surface area contributed by atoms with E-state index in [2.05, 4.69) is 9.88 Å². The Bertz CT molecular complexity index is 369. The number of rotatable bonds is 2. The van der Waals surface area contributed by atoms with E-state index in [0.29, 0.717) is 24.0 Å². The molecular weight excluding hydrogens is 228 g/mol. The number of oxazole rings is 1. The third kappa shape index (κ3) is 1.70. The summed E-state index contributed by atoms with van der Waals surface area (Å²) in [5, 5.41) is 0. The zero-order valence-corrected chi connectivity index (χ0v) is 9.82. The first-order chi connectivity index (χ1) is 7.88. The maximum atomic E-state index is 5.75. The lowest BCUT2D eigenvalue weighted by Gasteiger charge is -2.36. The maximum Gasteiger partial charge on any atom is 0.297 e. The highest BCUT2D eigenvalue weighted by Crippen LogP contribution is 2.32. The lowest BCUT2D eigenvalue weighted by atomic mass is 10.1. The minimum Gasteiger partial charge on any atom is -0.432 e. The molecular formula is C11H15ClN2O2. The summed E-state index contributed by atoms with van der Waals surface area (Å²) in [6.45, 7) is 1.63. The van der Waals surface area contributed by atoms with E-state index in [1.807, 2.05) is 0 Å². The van der Waals surface area contributed by atoms with E-state index >= 15 is 0 Å². The fraction of sp³-hybridized carbons (Fsp3) is 0.727. The number of hydrogen-bond acceptors (Lipinski definition) is 4. The Morgan fingerprint density at radius 1 is 1.50 bits per heavy atom. The molecule has 1 aliphatic heterocycles. The van der Waals surface area contributed by atoms with Crippen LogP contribution in [-0.2, 0) is 10.6 Å². The summed E-state index contributed by atoms with van der Waals surface area (Å²) in [5.41, 5.74) is 0.803. The Kier molecular flexibility index (Phi) is 2.77. The van der Waals surface area contributed by atoms with Crippen LogP contribution in [0.1, 0.15) is 25.0 Å². The Hall–Kier alpha value is -0.740. The fourth-order valence-corrected chi connectivity index (χ4v) is 2.78. The van der Waals surface area contributed by atoms with Gasteiger partial charge in [-0.2, -0.15) is 4.98 Å². The molecule has 1 aliphatic carbocycles. The number of morpholine rings is 1. The summed E-state index contributed by atoms with van der Waals surface area (Å²) in [7, 11) is 0. The normalized spacial score (nSPS) is 29.4. The minimum atomic E-state index is 0.361. The van der Waals surface area contributed by atoms with Gasteiger partial charge in [-0.1, -0.05) is 0 Å². The van der Waals surface area contributed by atoms with Crippen LogP contribution in [0.4, 0.5) is 6.01 Å². The summed E-state index contributed by atoms with van der Waals surface area (Å²) in [5.74, 6) is 0.405. The molecule has 0 radical (unpaired) electrons. The Balaban J connectivity index is 1.82. The zero-order valence-electron chi connectivity index (χ0n) is 9.06. The smallest absolute Gasteiger partial charge is 0.297 e. The predicted octanol–water partition coefficient (Wildman–Crippen LogP) is 2.17. The number of alkyl halides is 1. The monoisotopic (exact) mass is 242 g/mol. The molecule has 1 aromatic rings. The van der Waals surface area contributed by atoms with Crippen molar-refractivity contribution in [1.82, 2.24) is 4.98 Å². The van der Waals surface area contributed by atoms with Crippen molar-refractivity contribution in [3.63, 3.8) is 0 Å². The Morgan fingerprint density at radius 2 is 2.44 bits per heavy atom. The summed E-state index contributed by atoms with van der Waals surface area (Å²) in [4.78, 5) is 6.62. The first-order valence-electron chi connectivity index (χ1n) is 5.77. The molecule has 0 spiro atoms.